The molecule has 7 heteroatoms. The van der Waals surface area contributed by atoms with Crippen molar-refractivity contribution in [3.05, 3.63) is 41.9 Å². The number of anilines is 1. The lowest BCUT2D eigenvalue weighted by Gasteiger charge is -2.04. The van der Waals surface area contributed by atoms with Crippen molar-refractivity contribution in [2.45, 2.75) is 13.5 Å². The van der Waals surface area contributed by atoms with Crippen LogP contribution in [0.15, 0.2) is 35.5 Å². The molecule has 2 aromatic rings. The first kappa shape index (κ1) is 15.4. The number of nitrogens with one attached hydrogen (secondary N) is 1. The van der Waals surface area contributed by atoms with E-state index in [0.29, 0.717) is 18.3 Å². The van der Waals surface area contributed by atoms with Gasteiger partial charge in [-0.05, 0) is 25.1 Å². The van der Waals surface area contributed by atoms with Crippen molar-refractivity contribution in [1.29, 1.82) is 0 Å². The molecule has 0 bridgehead atoms. The fourth-order valence-corrected chi connectivity index (χ4v) is 1.59. The van der Waals surface area contributed by atoms with E-state index in [2.05, 4.69) is 20.4 Å². The van der Waals surface area contributed by atoms with E-state index < -0.39 is 0 Å². The molecule has 0 fully saturated rings. The van der Waals surface area contributed by atoms with Gasteiger partial charge in [-0.3, -0.25) is 4.68 Å². The second-order valence-electron chi connectivity index (χ2n) is 3.94. The average Bonchev–Trinajstić information content (AvgIpc) is 2.66. The predicted octanol–water partition coefficient (Wildman–Crippen LogP) is 1.67. The molecule has 0 radical (unpaired) electrons. The summed E-state index contributed by atoms with van der Waals surface area (Å²) in [6, 6.07) is 7.54. The number of hydrogen-bond acceptors (Lipinski definition) is 3. The van der Waals surface area contributed by atoms with Crippen LogP contribution in [0.4, 0.5) is 5.82 Å². The first-order chi connectivity index (χ1) is 8.65. The highest BCUT2D eigenvalue weighted by molar-refractivity contribution is 14.0. The largest absolute Gasteiger partial charge is 0.370 e. The molecule has 0 aliphatic heterocycles. The molecule has 2 heterocycles. The highest BCUT2D eigenvalue weighted by Crippen LogP contribution is 2.04. The number of hydrogen-bond donors (Lipinski definition) is 2. The van der Waals surface area contributed by atoms with Gasteiger partial charge >= 0.3 is 0 Å². The van der Waals surface area contributed by atoms with Crippen molar-refractivity contribution >= 4 is 35.8 Å². The van der Waals surface area contributed by atoms with Crippen molar-refractivity contribution in [3.63, 3.8) is 0 Å². The van der Waals surface area contributed by atoms with Crippen LogP contribution in [0.25, 0.3) is 0 Å². The molecule has 2 aromatic heterocycles. The number of pyridine rings is 1. The number of nitrogens with zero attached hydrogens (tertiary/aromatic N) is 4. The Morgan fingerprint density at radius 1 is 1.47 bits per heavy atom. The minimum absolute atomic E-state index is 0. The summed E-state index contributed by atoms with van der Waals surface area (Å²) in [5, 5.41) is 7.17. The molecule has 0 spiro atoms. The third-order valence-electron chi connectivity index (χ3n) is 2.43. The van der Waals surface area contributed by atoms with Crippen molar-refractivity contribution in [1.82, 2.24) is 14.8 Å². The lowest BCUT2D eigenvalue weighted by Crippen LogP contribution is -2.23. The molecule has 3 N–H and O–H groups in total. The Balaban J connectivity index is 0.00000180. The Morgan fingerprint density at radius 3 is 2.84 bits per heavy atom. The number of halogens is 1. The van der Waals surface area contributed by atoms with Gasteiger partial charge in [0.1, 0.15) is 5.82 Å². The van der Waals surface area contributed by atoms with E-state index in [-0.39, 0.29) is 24.0 Å². The van der Waals surface area contributed by atoms with Crippen LogP contribution < -0.4 is 11.1 Å². The maximum atomic E-state index is 5.78. The van der Waals surface area contributed by atoms with Gasteiger partial charge in [0.15, 0.2) is 5.96 Å². The summed E-state index contributed by atoms with van der Waals surface area (Å²) in [7, 11) is 1.89. The predicted molar refractivity (Wildman–Crippen MR) is 86.5 cm³/mol. The van der Waals surface area contributed by atoms with E-state index in [0.717, 1.165) is 11.4 Å². The van der Waals surface area contributed by atoms with Gasteiger partial charge in [0, 0.05) is 13.2 Å². The molecule has 0 saturated carbocycles. The van der Waals surface area contributed by atoms with Gasteiger partial charge in [-0.2, -0.15) is 5.10 Å². The van der Waals surface area contributed by atoms with Gasteiger partial charge in [-0.15, -0.1) is 24.0 Å². The van der Waals surface area contributed by atoms with Gasteiger partial charge in [0.25, 0.3) is 0 Å². The highest BCUT2D eigenvalue weighted by Gasteiger charge is 2.01. The molecule has 0 aliphatic carbocycles. The summed E-state index contributed by atoms with van der Waals surface area (Å²) in [5.41, 5.74) is 7.76. The molecule has 102 valence electrons. The van der Waals surface area contributed by atoms with Crippen molar-refractivity contribution < 1.29 is 0 Å². The van der Waals surface area contributed by atoms with Gasteiger partial charge in [-0.25, -0.2) is 9.98 Å². The molecular weight excluding hydrogens is 355 g/mol. The number of aromatic nitrogens is 3. The van der Waals surface area contributed by atoms with Crippen LogP contribution in [0, 0.1) is 6.92 Å². The van der Waals surface area contributed by atoms with Gasteiger partial charge < -0.3 is 11.1 Å². The molecule has 0 saturated heterocycles. The van der Waals surface area contributed by atoms with Gasteiger partial charge in [0.2, 0.25) is 0 Å². The van der Waals surface area contributed by atoms with E-state index in [1.807, 2.05) is 38.2 Å². The van der Waals surface area contributed by atoms with Crippen LogP contribution >= 0.6 is 24.0 Å². The van der Waals surface area contributed by atoms with E-state index in [1.165, 1.54) is 0 Å². The molecule has 0 atom stereocenters. The number of aliphatic imine (C=N–C) groups is 1. The van der Waals surface area contributed by atoms with E-state index in [1.54, 1.807) is 10.9 Å². The monoisotopic (exact) mass is 372 g/mol. The number of rotatable bonds is 3. The Labute approximate surface area is 129 Å². The molecule has 6 nitrogen and oxygen atoms in total. The maximum Gasteiger partial charge on any atom is 0.194 e. The third kappa shape index (κ3) is 4.51. The zero-order valence-electron chi connectivity index (χ0n) is 10.9. The highest BCUT2D eigenvalue weighted by atomic mass is 127. The summed E-state index contributed by atoms with van der Waals surface area (Å²) in [6.07, 6.45) is 1.69. The second-order valence-corrected chi connectivity index (χ2v) is 3.94. The van der Waals surface area contributed by atoms with Crippen molar-refractivity contribution in [2.75, 3.05) is 5.32 Å². The van der Waals surface area contributed by atoms with Crippen LogP contribution in [0.5, 0.6) is 0 Å². The number of aryl methyl sites for hydroxylation is 2. The van der Waals surface area contributed by atoms with Crippen LogP contribution in [0.3, 0.4) is 0 Å². The average molecular weight is 372 g/mol. The SMILES string of the molecule is Cc1cc(CN=C(N)Nc2ccccn2)n(C)n1.I. The van der Waals surface area contributed by atoms with E-state index in [4.69, 9.17) is 5.73 Å². The summed E-state index contributed by atoms with van der Waals surface area (Å²) < 4.78 is 1.80. The first-order valence-electron chi connectivity index (χ1n) is 5.62. The zero-order chi connectivity index (χ0) is 13.0. The van der Waals surface area contributed by atoms with Gasteiger partial charge in [0.05, 0.1) is 17.9 Å². The van der Waals surface area contributed by atoms with Crippen molar-refractivity contribution in [3.8, 4) is 0 Å². The minimum atomic E-state index is 0. The Hall–Kier alpha value is -1.64. The summed E-state index contributed by atoms with van der Waals surface area (Å²) in [4.78, 5) is 8.35. The molecule has 0 amide bonds. The van der Waals surface area contributed by atoms with Crippen molar-refractivity contribution in [2.24, 2.45) is 17.8 Å². The Bertz CT molecular complexity index is 549. The summed E-state index contributed by atoms with van der Waals surface area (Å²) >= 11 is 0. The molecule has 2 rings (SSSR count). The van der Waals surface area contributed by atoms with Crippen LogP contribution in [0.1, 0.15) is 11.4 Å². The second kappa shape index (κ2) is 7.07. The fraction of sp³-hybridized carbons (Fsp3) is 0.250. The lowest BCUT2D eigenvalue weighted by molar-refractivity contribution is 0.706. The minimum Gasteiger partial charge on any atom is -0.370 e. The van der Waals surface area contributed by atoms with Gasteiger partial charge in [-0.1, -0.05) is 6.07 Å². The standard InChI is InChI=1S/C12H16N6.HI/c1-9-7-10(18(2)17-9)8-15-12(13)16-11-5-3-4-6-14-11;/h3-7H,8H2,1-2H3,(H3,13,14,15,16);1H. The van der Waals surface area contributed by atoms with E-state index >= 15 is 0 Å². The zero-order valence-corrected chi connectivity index (χ0v) is 13.2. The molecular formula is C12H17IN6. The normalized spacial score (nSPS) is 10.9. The topological polar surface area (TPSA) is 81.1 Å². The molecule has 0 aromatic carbocycles. The molecule has 0 aliphatic rings. The fourth-order valence-electron chi connectivity index (χ4n) is 1.59. The van der Waals surface area contributed by atoms with Crippen LogP contribution in [0.2, 0.25) is 0 Å². The van der Waals surface area contributed by atoms with Crippen LogP contribution in [-0.2, 0) is 13.6 Å². The summed E-state index contributed by atoms with van der Waals surface area (Å²) in [6.45, 7) is 2.44. The molecule has 19 heavy (non-hydrogen) atoms. The number of nitrogens with two attached hydrogens (primary N) is 1. The Kier molecular flexibility index (Phi) is 5.74. The summed E-state index contributed by atoms with van der Waals surface area (Å²) in [5.74, 6) is 1.02. The molecule has 0 unspecified atom stereocenters. The quantitative estimate of drug-likeness (QED) is 0.488. The smallest absolute Gasteiger partial charge is 0.194 e. The van der Waals surface area contributed by atoms with Crippen LogP contribution in [-0.4, -0.2) is 20.7 Å². The van der Waals surface area contributed by atoms with E-state index in [9.17, 15) is 0 Å². The third-order valence-corrected chi connectivity index (χ3v) is 2.43. The Morgan fingerprint density at radius 2 is 2.26 bits per heavy atom. The first-order valence-corrected chi connectivity index (χ1v) is 5.62. The number of guanidine groups is 1. The lowest BCUT2D eigenvalue weighted by atomic mass is 10.4. The maximum absolute atomic E-state index is 5.78.